The first-order chi connectivity index (χ1) is 16.9. The highest BCUT2D eigenvalue weighted by Gasteiger charge is 2.64. The molecule has 0 aliphatic heterocycles. The van der Waals surface area contributed by atoms with Crippen molar-refractivity contribution >= 4 is 5.97 Å². The highest BCUT2D eigenvalue weighted by molar-refractivity contribution is 5.83. The average molecular weight is 505 g/mol. The summed E-state index contributed by atoms with van der Waals surface area (Å²) >= 11 is 0. The molecular weight excluding hydrogens is 465 g/mol. The molecule has 5 atom stereocenters. The van der Waals surface area contributed by atoms with Gasteiger partial charge in [0, 0.05) is 12.7 Å². The van der Waals surface area contributed by atoms with Gasteiger partial charge >= 0.3 is 12.1 Å². The van der Waals surface area contributed by atoms with E-state index in [1.54, 1.807) is 6.07 Å². The van der Waals surface area contributed by atoms with E-state index in [1.165, 1.54) is 29.8 Å². The van der Waals surface area contributed by atoms with E-state index in [9.17, 15) is 18.0 Å². The first-order valence-electron chi connectivity index (χ1n) is 12.7. The molecule has 2 aliphatic carbocycles. The fourth-order valence-corrected chi connectivity index (χ4v) is 5.97. The van der Waals surface area contributed by atoms with Gasteiger partial charge in [0.1, 0.15) is 6.10 Å². The zero-order chi connectivity index (χ0) is 26.7. The zero-order valence-corrected chi connectivity index (χ0v) is 22.1. The van der Waals surface area contributed by atoms with E-state index in [0.717, 1.165) is 50.4 Å². The summed E-state index contributed by atoms with van der Waals surface area (Å²) in [6.45, 7) is 12.4. The second kappa shape index (κ2) is 11.0. The maximum absolute atomic E-state index is 14.5. The van der Waals surface area contributed by atoms with Gasteiger partial charge in [-0.25, -0.2) is 4.79 Å². The Morgan fingerprint density at radius 3 is 2.39 bits per heavy atom. The van der Waals surface area contributed by atoms with Gasteiger partial charge in [-0.15, -0.1) is 0 Å². The highest BCUT2D eigenvalue weighted by Crippen LogP contribution is 2.54. The largest absolute Gasteiger partial charge is 0.455 e. The van der Waals surface area contributed by atoms with Crippen LogP contribution >= 0.6 is 0 Å². The van der Waals surface area contributed by atoms with Gasteiger partial charge in [0.05, 0.1) is 0 Å². The molecule has 6 heteroatoms. The number of esters is 1. The number of halogens is 3. The molecule has 198 valence electrons. The normalized spacial score (nSPS) is 32.1. The number of hydrogen-bond acceptors (Lipinski definition) is 3. The van der Waals surface area contributed by atoms with Gasteiger partial charge in [-0.05, 0) is 82.1 Å². The minimum Gasteiger partial charge on any atom is -0.455 e. The minimum absolute atomic E-state index is 0.0536. The van der Waals surface area contributed by atoms with Gasteiger partial charge in [0.15, 0.2) is 0 Å². The molecule has 0 N–H and O–H groups in total. The molecule has 0 unspecified atom stereocenters. The first kappa shape index (κ1) is 28.2. The number of carbonyl (C=O) groups excluding carboxylic acids is 1. The van der Waals surface area contributed by atoms with Crippen molar-refractivity contribution in [3.63, 3.8) is 0 Å². The molecule has 1 saturated carbocycles. The SMILES string of the molecule is C=C(C)[C@@H]1CC[C@]2(C)C/C=C(\C)CC/C=C(\C)[C@@H](OC(=O)[C@@](OC)(c3ccccc3)C(F)(F)F)C[C@@H]12. The molecule has 1 aromatic carbocycles. The summed E-state index contributed by atoms with van der Waals surface area (Å²) in [7, 11) is 0.904. The molecule has 0 heterocycles. The Hall–Kier alpha value is -2.34. The molecule has 1 fully saturated rings. The molecule has 0 aromatic heterocycles. The number of fused-ring (bicyclic) bond motifs is 1. The van der Waals surface area contributed by atoms with Crippen LogP contribution in [0.3, 0.4) is 0 Å². The lowest BCUT2D eigenvalue weighted by Gasteiger charge is -2.38. The molecule has 0 spiro atoms. The number of methoxy groups -OCH3 is 1. The molecule has 0 amide bonds. The van der Waals surface area contributed by atoms with Crippen LogP contribution in [-0.2, 0) is 19.9 Å². The summed E-state index contributed by atoms with van der Waals surface area (Å²) in [5.74, 6) is -1.09. The van der Waals surface area contributed by atoms with Crippen LogP contribution in [0.25, 0.3) is 0 Å². The Kier molecular flexibility index (Phi) is 8.59. The molecule has 0 bridgehead atoms. The van der Waals surface area contributed by atoms with Crippen molar-refractivity contribution < 1.29 is 27.4 Å². The maximum Gasteiger partial charge on any atom is 0.432 e. The number of ether oxygens (including phenoxy) is 2. The van der Waals surface area contributed by atoms with Gasteiger partial charge in [-0.1, -0.05) is 67.1 Å². The third-order valence-corrected chi connectivity index (χ3v) is 8.36. The number of carbonyl (C=O) groups is 1. The number of rotatable bonds is 5. The van der Waals surface area contributed by atoms with Crippen LogP contribution in [-0.4, -0.2) is 25.4 Å². The second-order valence-corrected chi connectivity index (χ2v) is 10.9. The monoisotopic (exact) mass is 504 g/mol. The van der Waals surface area contributed by atoms with E-state index in [4.69, 9.17) is 9.47 Å². The van der Waals surface area contributed by atoms with Crippen molar-refractivity contribution in [1.29, 1.82) is 0 Å². The molecular formula is C30H39F3O3. The van der Waals surface area contributed by atoms with Crippen molar-refractivity contribution in [3.8, 4) is 0 Å². The predicted octanol–water partition coefficient (Wildman–Crippen LogP) is 8.08. The molecule has 36 heavy (non-hydrogen) atoms. The van der Waals surface area contributed by atoms with E-state index < -0.39 is 23.9 Å². The summed E-state index contributed by atoms with van der Waals surface area (Å²) in [6, 6.07) is 7.00. The molecule has 0 saturated heterocycles. The van der Waals surface area contributed by atoms with Gasteiger partial charge in [-0.3, -0.25) is 0 Å². The lowest BCUT2D eigenvalue weighted by Crippen LogP contribution is -2.52. The molecule has 0 radical (unpaired) electrons. The van der Waals surface area contributed by atoms with E-state index >= 15 is 0 Å². The second-order valence-electron chi connectivity index (χ2n) is 10.9. The standard InChI is InChI=1S/C30H39F3O3/c1-20(2)24-16-18-28(5)17-15-21(3)11-10-12-22(4)26(19-25(24)28)36-27(34)29(35-6,30(31,32)33)23-13-8-7-9-14-23/h7-9,12-15,24-26H,1,10-11,16-19H2,2-6H3/b21-15+,22-12+/t24-,25-,26-,28-,29-/m0/s1. The van der Waals surface area contributed by atoms with Crippen molar-refractivity contribution in [3.05, 3.63) is 71.3 Å². The van der Waals surface area contributed by atoms with Crippen LogP contribution in [0.1, 0.15) is 71.8 Å². The quantitative estimate of drug-likeness (QED) is 0.300. The Morgan fingerprint density at radius 1 is 1.14 bits per heavy atom. The lowest BCUT2D eigenvalue weighted by molar-refractivity contribution is -0.278. The summed E-state index contributed by atoms with van der Waals surface area (Å²) in [6.07, 6.45) is 3.40. The zero-order valence-electron chi connectivity index (χ0n) is 22.1. The van der Waals surface area contributed by atoms with E-state index in [0.29, 0.717) is 6.42 Å². The van der Waals surface area contributed by atoms with Gasteiger partial charge in [0.2, 0.25) is 0 Å². The Balaban J connectivity index is 2.04. The van der Waals surface area contributed by atoms with Crippen LogP contribution < -0.4 is 0 Å². The number of benzene rings is 1. The van der Waals surface area contributed by atoms with Crippen LogP contribution in [0, 0.1) is 17.3 Å². The highest BCUT2D eigenvalue weighted by atomic mass is 19.4. The number of allylic oxidation sites excluding steroid dienone is 4. The van der Waals surface area contributed by atoms with E-state index in [1.807, 2.05) is 19.9 Å². The molecule has 1 aromatic rings. The van der Waals surface area contributed by atoms with Crippen molar-refractivity contribution in [1.82, 2.24) is 0 Å². The van der Waals surface area contributed by atoms with Crippen LogP contribution in [0.5, 0.6) is 0 Å². The van der Waals surface area contributed by atoms with Gasteiger partial charge in [-0.2, -0.15) is 13.2 Å². The summed E-state index contributed by atoms with van der Waals surface area (Å²) in [5.41, 5.74) is -0.417. The van der Waals surface area contributed by atoms with Crippen LogP contribution in [0.2, 0.25) is 0 Å². The Bertz CT molecular complexity index is 1010. The smallest absolute Gasteiger partial charge is 0.432 e. The third kappa shape index (κ3) is 5.49. The molecule has 3 nitrogen and oxygen atoms in total. The number of hydrogen-bond donors (Lipinski definition) is 0. The summed E-state index contributed by atoms with van der Waals surface area (Å²) < 4.78 is 54.3. The fourth-order valence-electron chi connectivity index (χ4n) is 5.97. The Labute approximate surface area is 213 Å². The molecule has 2 aliphatic rings. The summed E-state index contributed by atoms with van der Waals surface area (Å²) in [4.78, 5) is 13.5. The third-order valence-electron chi connectivity index (χ3n) is 8.36. The van der Waals surface area contributed by atoms with Gasteiger partial charge in [0.25, 0.3) is 5.60 Å². The van der Waals surface area contributed by atoms with Crippen LogP contribution in [0.15, 0.2) is 65.8 Å². The van der Waals surface area contributed by atoms with Gasteiger partial charge < -0.3 is 9.47 Å². The van der Waals surface area contributed by atoms with E-state index in [-0.39, 0.29) is 22.8 Å². The van der Waals surface area contributed by atoms with Crippen molar-refractivity contribution in [2.24, 2.45) is 17.3 Å². The predicted molar refractivity (Wildman–Crippen MR) is 136 cm³/mol. The topological polar surface area (TPSA) is 35.5 Å². The Morgan fingerprint density at radius 2 is 1.81 bits per heavy atom. The number of alkyl halides is 3. The first-order valence-corrected chi connectivity index (χ1v) is 12.7. The molecule has 3 rings (SSSR count). The van der Waals surface area contributed by atoms with Crippen molar-refractivity contribution in [2.75, 3.05) is 7.11 Å². The fraction of sp³-hybridized carbons (Fsp3) is 0.567. The van der Waals surface area contributed by atoms with Crippen LogP contribution in [0.4, 0.5) is 13.2 Å². The average Bonchev–Trinajstić information content (AvgIpc) is 3.13. The van der Waals surface area contributed by atoms with Crippen molar-refractivity contribution in [2.45, 2.75) is 84.1 Å². The summed E-state index contributed by atoms with van der Waals surface area (Å²) in [5, 5.41) is 0. The van der Waals surface area contributed by atoms with E-state index in [2.05, 4.69) is 26.5 Å². The maximum atomic E-state index is 14.5. The minimum atomic E-state index is -5.01. The lowest BCUT2D eigenvalue weighted by atomic mass is 9.70.